The summed E-state index contributed by atoms with van der Waals surface area (Å²) in [6.07, 6.45) is -0.452. The van der Waals surface area contributed by atoms with E-state index in [0.717, 1.165) is 0 Å². The highest BCUT2D eigenvalue weighted by Crippen LogP contribution is 2.18. The van der Waals surface area contributed by atoms with E-state index in [1.807, 2.05) is 20.8 Å². The molecule has 6 nitrogen and oxygen atoms in total. The van der Waals surface area contributed by atoms with Gasteiger partial charge in [-0.1, -0.05) is 0 Å². The van der Waals surface area contributed by atoms with Gasteiger partial charge in [0, 0.05) is 12.3 Å². The van der Waals surface area contributed by atoms with Crippen LogP contribution in [0.25, 0.3) is 0 Å². The van der Waals surface area contributed by atoms with Crippen molar-refractivity contribution in [2.24, 2.45) is 0 Å². The minimum Gasteiger partial charge on any atom is -0.468 e. The third kappa shape index (κ3) is 5.14. The number of carbonyl (C=O) groups is 2. The van der Waals surface area contributed by atoms with Crippen LogP contribution in [0.15, 0.2) is 0 Å². The topological polar surface area (TPSA) is 76.7 Å². The van der Waals surface area contributed by atoms with Gasteiger partial charge in [0.1, 0.15) is 11.6 Å². The lowest BCUT2D eigenvalue weighted by Gasteiger charge is -2.20. The number of amides is 1. The van der Waals surface area contributed by atoms with Crippen molar-refractivity contribution >= 4 is 23.8 Å². The summed E-state index contributed by atoms with van der Waals surface area (Å²) in [6.45, 7) is 5.83. The first-order valence-corrected chi connectivity index (χ1v) is 6.79. The van der Waals surface area contributed by atoms with Crippen LogP contribution in [0.2, 0.25) is 0 Å². The van der Waals surface area contributed by atoms with E-state index in [9.17, 15) is 9.59 Å². The first-order chi connectivity index (χ1) is 8.31. The van der Waals surface area contributed by atoms with Gasteiger partial charge in [0.25, 0.3) is 0 Å². The van der Waals surface area contributed by atoms with Gasteiger partial charge in [-0.15, -0.1) is 11.8 Å². The maximum atomic E-state index is 11.4. The van der Waals surface area contributed by atoms with Gasteiger partial charge in [0.15, 0.2) is 0 Å². The lowest BCUT2D eigenvalue weighted by atomic mass is 10.2. The van der Waals surface area contributed by atoms with Crippen molar-refractivity contribution in [3.8, 4) is 0 Å². The number of esters is 1. The van der Waals surface area contributed by atoms with E-state index in [-0.39, 0.29) is 17.4 Å². The summed E-state index contributed by atoms with van der Waals surface area (Å²) >= 11 is 1.57. The fraction of sp³-hybridized carbons (Fsp3) is 0.818. The highest BCUT2D eigenvalue weighted by atomic mass is 32.2. The van der Waals surface area contributed by atoms with Crippen LogP contribution in [0.3, 0.4) is 0 Å². The molecule has 0 aliphatic carbocycles. The van der Waals surface area contributed by atoms with Crippen LogP contribution in [-0.2, 0) is 14.3 Å². The molecule has 0 aromatic heterocycles. The third-order valence-corrected chi connectivity index (χ3v) is 3.40. The van der Waals surface area contributed by atoms with Crippen molar-refractivity contribution in [3.05, 3.63) is 0 Å². The molecule has 0 aromatic rings. The van der Waals surface area contributed by atoms with Crippen molar-refractivity contribution in [3.63, 3.8) is 0 Å². The molecule has 7 heteroatoms. The number of thioether (sulfide) groups is 1. The number of alkyl carbamates (subject to hydrolysis) is 1. The van der Waals surface area contributed by atoms with Crippen molar-refractivity contribution in [1.29, 1.82) is 0 Å². The molecule has 1 aliphatic rings. The van der Waals surface area contributed by atoms with E-state index in [0.29, 0.717) is 12.3 Å². The minimum absolute atomic E-state index is 0.00150. The van der Waals surface area contributed by atoms with E-state index in [1.165, 1.54) is 7.11 Å². The molecule has 1 rings (SSSR count). The average Bonchev–Trinajstić information content (AvgIpc) is 2.71. The predicted molar refractivity (Wildman–Crippen MR) is 69.4 cm³/mol. The number of carbonyl (C=O) groups excluding carboxylic acids is 2. The number of methoxy groups -OCH3 is 1. The Morgan fingerprint density at radius 1 is 1.44 bits per heavy atom. The second-order valence-electron chi connectivity index (χ2n) is 4.95. The normalized spacial score (nSPS) is 23.6. The predicted octanol–water partition coefficient (Wildman–Crippen LogP) is 0.715. The molecule has 104 valence electrons. The zero-order valence-corrected chi connectivity index (χ0v) is 11.9. The fourth-order valence-electron chi connectivity index (χ4n) is 1.42. The van der Waals surface area contributed by atoms with Crippen LogP contribution in [0.4, 0.5) is 4.79 Å². The van der Waals surface area contributed by atoms with Crippen LogP contribution < -0.4 is 10.6 Å². The molecule has 1 saturated heterocycles. The molecule has 18 heavy (non-hydrogen) atoms. The number of rotatable bonds is 3. The summed E-state index contributed by atoms with van der Waals surface area (Å²) < 4.78 is 9.76. The number of ether oxygens (including phenoxy) is 2. The Morgan fingerprint density at radius 3 is 2.67 bits per heavy atom. The van der Waals surface area contributed by atoms with Crippen molar-refractivity contribution in [1.82, 2.24) is 10.6 Å². The molecule has 2 N–H and O–H groups in total. The van der Waals surface area contributed by atoms with Crippen LogP contribution in [0, 0.1) is 0 Å². The Balaban J connectivity index is 2.26. The average molecular weight is 276 g/mol. The molecule has 0 bridgehead atoms. The van der Waals surface area contributed by atoms with Gasteiger partial charge in [-0.25, -0.2) is 4.79 Å². The molecule has 2 unspecified atom stereocenters. The Kier molecular flexibility index (Phi) is 5.28. The Hall–Kier alpha value is -0.950. The Morgan fingerprint density at radius 2 is 2.11 bits per heavy atom. The van der Waals surface area contributed by atoms with Gasteiger partial charge < -0.3 is 14.8 Å². The van der Waals surface area contributed by atoms with E-state index in [4.69, 9.17) is 4.74 Å². The minimum atomic E-state index is -0.505. The standard InChI is InChI=1S/C11H20N2O4S/c1-11(2,3)17-10(15)12-5-8-13-7(6-18-8)9(14)16-4/h7-8,13H,5-6H2,1-4H3,(H,12,15). The molecule has 1 aliphatic heterocycles. The van der Waals surface area contributed by atoms with Gasteiger partial charge in [-0.05, 0) is 20.8 Å². The quantitative estimate of drug-likeness (QED) is 0.740. The Bertz CT molecular complexity index is 317. The summed E-state index contributed by atoms with van der Waals surface area (Å²) in [5.41, 5.74) is -0.505. The van der Waals surface area contributed by atoms with Crippen LogP contribution in [-0.4, -0.2) is 48.5 Å². The molecule has 0 aromatic carbocycles. The van der Waals surface area contributed by atoms with Crippen LogP contribution in [0.5, 0.6) is 0 Å². The second kappa shape index (κ2) is 6.29. The molecule has 0 radical (unpaired) electrons. The van der Waals surface area contributed by atoms with Crippen molar-refractivity contribution < 1.29 is 19.1 Å². The first kappa shape index (κ1) is 15.1. The summed E-state index contributed by atoms with van der Waals surface area (Å²) in [4.78, 5) is 22.7. The third-order valence-electron chi connectivity index (χ3n) is 2.17. The number of hydrogen-bond donors (Lipinski definition) is 2. The van der Waals surface area contributed by atoms with E-state index in [1.54, 1.807) is 11.8 Å². The van der Waals surface area contributed by atoms with Crippen LogP contribution >= 0.6 is 11.8 Å². The smallest absolute Gasteiger partial charge is 0.407 e. The summed E-state index contributed by atoms with van der Waals surface area (Å²) in [5.74, 6) is 0.370. The zero-order chi connectivity index (χ0) is 13.8. The monoisotopic (exact) mass is 276 g/mol. The SMILES string of the molecule is COC(=O)C1CSC(CNC(=O)OC(C)(C)C)N1. The number of hydrogen-bond acceptors (Lipinski definition) is 6. The summed E-state index contributed by atoms with van der Waals surface area (Å²) in [5, 5.41) is 5.74. The molecule has 1 fully saturated rings. The lowest BCUT2D eigenvalue weighted by molar-refractivity contribution is -0.142. The van der Waals surface area contributed by atoms with Gasteiger partial charge in [-0.2, -0.15) is 0 Å². The highest BCUT2D eigenvalue weighted by molar-refractivity contribution is 8.00. The summed E-state index contributed by atoms with van der Waals surface area (Å²) in [7, 11) is 1.36. The zero-order valence-electron chi connectivity index (χ0n) is 11.1. The van der Waals surface area contributed by atoms with Crippen molar-refractivity contribution in [2.75, 3.05) is 19.4 Å². The highest BCUT2D eigenvalue weighted by Gasteiger charge is 2.30. The molecule has 1 amide bonds. The van der Waals surface area contributed by atoms with E-state index < -0.39 is 11.7 Å². The maximum absolute atomic E-state index is 11.4. The molecular formula is C11H20N2O4S. The van der Waals surface area contributed by atoms with Gasteiger partial charge >= 0.3 is 12.1 Å². The number of nitrogens with one attached hydrogen (secondary N) is 2. The lowest BCUT2D eigenvalue weighted by Crippen LogP contribution is -2.43. The fourth-order valence-corrected chi connectivity index (χ4v) is 2.54. The molecule has 0 spiro atoms. The Labute approximate surface area is 111 Å². The summed E-state index contributed by atoms with van der Waals surface area (Å²) in [6, 6.07) is -0.301. The first-order valence-electron chi connectivity index (χ1n) is 5.74. The molecule has 2 atom stereocenters. The maximum Gasteiger partial charge on any atom is 0.407 e. The van der Waals surface area contributed by atoms with Crippen LogP contribution in [0.1, 0.15) is 20.8 Å². The van der Waals surface area contributed by atoms with E-state index >= 15 is 0 Å². The van der Waals surface area contributed by atoms with Gasteiger partial charge in [0.2, 0.25) is 0 Å². The van der Waals surface area contributed by atoms with Gasteiger partial charge in [-0.3, -0.25) is 10.1 Å². The molecule has 1 heterocycles. The second-order valence-corrected chi connectivity index (χ2v) is 6.18. The largest absolute Gasteiger partial charge is 0.468 e. The van der Waals surface area contributed by atoms with Gasteiger partial charge in [0.05, 0.1) is 12.5 Å². The van der Waals surface area contributed by atoms with Crippen molar-refractivity contribution in [2.45, 2.75) is 37.8 Å². The van der Waals surface area contributed by atoms with E-state index in [2.05, 4.69) is 15.4 Å². The molecular weight excluding hydrogens is 256 g/mol. The molecule has 0 saturated carbocycles.